The van der Waals surface area contributed by atoms with Gasteiger partial charge in [-0.15, -0.1) is 0 Å². The molecule has 0 aliphatic heterocycles. The second-order valence-electron chi connectivity index (χ2n) is 6.96. The molecule has 0 spiro atoms. The van der Waals surface area contributed by atoms with Crippen molar-refractivity contribution in [1.29, 1.82) is 0 Å². The van der Waals surface area contributed by atoms with Crippen molar-refractivity contribution in [3.63, 3.8) is 0 Å². The maximum atomic E-state index is 10.7. The minimum Gasteiger partial charge on any atom is -0.387 e. The number of nitrogens with zero attached hydrogens (tertiary/aromatic N) is 1. The van der Waals surface area contributed by atoms with Gasteiger partial charge in [0.15, 0.2) is 0 Å². The van der Waals surface area contributed by atoms with Gasteiger partial charge >= 0.3 is 0 Å². The van der Waals surface area contributed by atoms with Gasteiger partial charge in [0.25, 0.3) is 0 Å². The Kier molecular flexibility index (Phi) is 3.87. The molecule has 0 saturated heterocycles. The summed E-state index contributed by atoms with van der Waals surface area (Å²) < 4.78 is 0. The molecule has 0 heterocycles. The first-order valence-electron chi connectivity index (χ1n) is 8.04. The second kappa shape index (κ2) is 5.50. The lowest BCUT2D eigenvalue weighted by molar-refractivity contribution is 0.105. The molecular formula is C18H27NO. The highest BCUT2D eigenvalue weighted by Crippen LogP contribution is 2.36. The van der Waals surface area contributed by atoms with Crippen molar-refractivity contribution in [3.05, 3.63) is 34.4 Å². The third-order valence-electron chi connectivity index (χ3n) is 4.73. The second-order valence-corrected chi connectivity index (χ2v) is 6.96. The molecule has 1 aromatic carbocycles. The molecule has 110 valence electrons. The van der Waals surface area contributed by atoms with Crippen molar-refractivity contribution in [1.82, 2.24) is 4.90 Å². The average molecular weight is 273 g/mol. The molecule has 2 aliphatic rings. The molecule has 0 radical (unpaired) electrons. The highest BCUT2D eigenvalue weighted by Gasteiger charge is 2.34. The molecule has 2 aliphatic carbocycles. The molecule has 1 aromatic rings. The average Bonchev–Trinajstić information content (AvgIpc) is 3.22. The zero-order valence-corrected chi connectivity index (χ0v) is 13.0. The first-order valence-corrected chi connectivity index (χ1v) is 8.04. The molecule has 1 atom stereocenters. The SMILES string of the molecule is Cc1cc(C)c(C(O)CN(CC2CC2)C2CC2)c(C)c1. The van der Waals surface area contributed by atoms with E-state index in [-0.39, 0.29) is 6.10 Å². The number of rotatable bonds is 6. The summed E-state index contributed by atoms with van der Waals surface area (Å²) in [7, 11) is 0. The molecule has 1 unspecified atom stereocenters. The molecule has 2 saturated carbocycles. The standard InChI is InChI=1S/C18H27NO/c1-12-8-13(2)18(14(3)9-12)17(20)11-19(16-6-7-16)10-15-4-5-15/h8-9,15-17,20H,4-7,10-11H2,1-3H3. The Labute approximate surface area is 122 Å². The third kappa shape index (κ3) is 3.24. The van der Waals surface area contributed by atoms with Gasteiger partial charge in [-0.3, -0.25) is 4.90 Å². The van der Waals surface area contributed by atoms with Crippen LogP contribution in [0.3, 0.4) is 0 Å². The van der Waals surface area contributed by atoms with Gasteiger partial charge < -0.3 is 5.11 Å². The summed E-state index contributed by atoms with van der Waals surface area (Å²) in [4.78, 5) is 2.54. The fourth-order valence-corrected chi connectivity index (χ4v) is 3.47. The third-order valence-corrected chi connectivity index (χ3v) is 4.73. The van der Waals surface area contributed by atoms with Gasteiger partial charge in [-0.2, -0.15) is 0 Å². The van der Waals surface area contributed by atoms with Gasteiger partial charge in [0, 0.05) is 19.1 Å². The molecule has 2 nitrogen and oxygen atoms in total. The van der Waals surface area contributed by atoms with Crippen molar-refractivity contribution in [2.24, 2.45) is 5.92 Å². The largest absolute Gasteiger partial charge is 0.387 e. The van der Waals surface area contributed by atoms with Gasteiger partial charge in [0.2, 0.25) is 0 Å². The van der Waals surface area contributed by atoms with E-state index in [9.17, 15) is 5.11 Å². The van der Waals surface area contributed by atoms with Crippen LogP contribution in [0.5, 0.6) is 0 Å². The summed E-state index contributed by atoms with van der Waals surface area (Å²) in [5.41, 5.74) is 4.90. The van der Waals surface area contributed by atoms with Crippen LogP contribution >= 0.6 is 0 Å². The predicted molar refractivity (Wildman–Crippen MR) is 82.9 cm³/mol. The van der Waals surface area contributed by atoms with E-state index in [1.54, 1.807) is 0 Å². The van der Waals surface area contributed by atoms with Crippen molar-refractivity contribution in [3.8, 4) is 0 Å². The first-order chi connectivity index (χ1) is 9.54. The summed E-state index contributed by atoms with van der Waals surface area (Å²) in [6.07, 6.45) is 5.09. The Morgan fingerprint density at radius 1 is 1.10 bits per heavy atom. The number of benzene rings is 1. The van der Waals surface area contributed by atoms with Gasteiger partial charge in [-0.1, -0.05) is 17.7 Å². The van der Waals surface area contributed by atoms with Crippen molar-refractivity contribution < 1.29 is 5.11 Å². The molecule has 3 rings (SSSR count). The van der Waals surface area contributed by atoms with Crippen molar-refractivity contribution in [2.75, 3.05) is 13.1 Å². The zero-order valence-electron chi connectivity index (χ0n) is 13.0. The number of aryl methyl sites for hydroxylation is 3. The van der Waals surface area contributed by atoms with Crippen LogP contribution in [-0.4, -0.2) is 29.1 Å². The number of aliphatic hydroxyl groups is 1. The minimum absolute atomic E-state index is 0.338. The van der Waals surface area contributed by atoms with E-state index in [1.807, 2.05) is 0 Å². The van der Waals surface area contributed by atoms with E-state index in [4.69, 9.17) is 0 Å². The van der Waals surface area contributed by atoms with Crippen LogP contribution in [0.1, 0.15) is 54.0 Å². The monoisotopic (exact) mass is 273 g/mol. The zero-order chi connectivity index (χ0) is 14.3. The quantitative estimate of drug-likeness (QED) is 0.857. The molecule has 0 amide bonds. The van der Waals surface area contributed by atoms with Crippen LogP contribution in [-0.2, 0) is 0 Å². The van der Waals surface area contributed by atoms with E-state index >= 15 is 0 Å². The van der Waals surface area contributed by atoms with E-state index in [0.29, 0.717) is 0 Å². The summed E-state index contributed by atoms with van der Waals surface area (Å²) >= 11 is 0. The van der Waals surface area contributed by atoms with Crippen LogP contribution < -0.4 is 0 Å². The van der Waals surface area contributed by atoms with Crippen LogP contribution in [0.25, 0.3) is 0 Å². The molecule has 0 bridgehead atoms. The predicted octanol–water partition coefficient (Wildman–Crippen LogP) is 3.52. The van der Waals surface area contributed by atoms with Gasteiger partial charge in [0.1, 0.15) is 0 Å². The van der Waals surface area contributed by atoms with E-state index in [2.05, 4.69) is 37.8 Å². The fourth-order valence-electron chi connectivity index (χ4n) is 3.47. The van der Waals surface area contributed by atoms with Gasteiger partial charge in [0.05, 0.1) is 6.10 Å². The molecule has 2 heteroatoms. The topological polar surface area (TPSA) is 23.5 Å². The number of hydrogen-bond acceptors (Lipinski definition) is 2. The maximum absolute atomic E-state index is 10.7. The van der Waals surface area contributed by atoms with Crippen LogP contribution in [0.15, 0.2) is 12.1 Å². The van der Waals surface area contributed by atoms with Crippen LogP contribution in [0, 0.1) is 26.7 Å². The van der Waals surface area contributed by atoms with Gasteiger partial charge in [-0.25, -0.2) is 0 Å². The molecular weight excluding hydrogens is 246 g/mol. The lowest BCUT2D eigenvalue weighted by Crippen LogP contribution is -2.33. The maximum Gasteiger partial charge on any atom is 0.0922 e. The number of aliphatic hydroxyl groups excluding tert-OH is 1. The molecule has 2 fully saturated rings. The van der Waals surface area contributed by atoms with Crippen LogP contribution in [0.2, 0.25) is 0 Å². The Bertz CT molecular complexity index is 465. The Morgan fingerprint density at radius 3 is 2.20 bits per heavy atom. The Morgan fingerprint density at radius 2 is 1.70 bits per heavy atom. The smallest absolute Gasteiger partial charge is 0.0922 e. The fraction of sp³-hybridized carbons (Fsp3) is 0.667. The molecule has 20 heavy (non-hydrogen) atoms. The molecule has 0 aromatic heterocycles. The van der Waals surface area contributed by atoms with Crippen molar-refractivity contribution >= 4 is 0 Å². The van der Waals surface area contributed by atoms with Crippen molar-refractivity contribution in [2.45, 2.75) is 58.6 Å². The Balaban J connectivity index is 1.72. The van der Waals surface area contributed by atoms with Crippen LogP contribution in [0.4, 0.5) is 0 Å². The summed E-state index contributed by atoms with van der Waals surface area (Å²) in [6, 6.07) is 5.12. The lowest BCUT2D eigenvalue weighted by Gasteiger charge is -2.27. The van der Waals surface area contributed by atoms with E-state index < -0.39 is 0 Å². The minimum atomic E-state index is -0.338. The van der Waals surface area contributed by atoms with E-state index in [1.165, 1.54) is 48.9 Å². The number of hydrogen-bond donors (Lipinski definition) is 1. The summed E-state index contributed by atoms with van der Waals surface area (Å²) in [5.74, 6) is 0.906. The molecule has 1 N–H and O–H groups in total. The normalized spacial score (nSPS) is 20.4. The van der Waals surface area contributed by atoms with E-state index in [0.717, 1.165) is 24.1 Å². The Hall–Kier alpha value is -0.860. The highest BCUT2D eigenvalue weighted by atomic mass is 16.3. The first kappa shape index (κ1) is 14.1. The van der Waals surface area contributed by atoms with Gasteiger partial charge in [-0.05, 0) is 69.1 Å². The lowest BCUT2D eigenvalue weighted by atomic mass is 9.95. The summed E-state index contributed by atoms with van der Waals surface area (Å²) in [6.45, 7) is 8.39. The highest BCUT2D eigenvalue weighted by molar-refractivity contribution is 5.39. The summed E-state index contributed by atoms with van der Waals surface area (Å²) in [5, 5.41) is 10.7.